The number of amides is 2. The molecular formula is C31H44N2O6S. The summed E-state index contributed by atoms with van der Waals surface area (Å²) in [7, 11) is 1.41. The van der Waals surface area contributed by atoms with Crippen molar-refractivity contribution >= 4 is 40.6 Å². The van der Waals surface area contributed by atoms with Crippen LogP contribution >= 0.6 is 11.3 Å². The van der Waals surface area contributed by atoms with E-state index >= 15 is 0 Å². The number of thiophene rings is 1. The quantitative estimate of drug-likeness (QED) is 0.365. The number of anilines is 1. The van der Waals surface area contributed by atoms with Crippen molar-refractivity contribution in [1.29, 1.82) is 0 Å². The van der Waals surface area contributed by atoms with E-state index in [2.05, 4.69) is 19.1 Å². The van der Waals surface area contributed by atoms with E-state index in [0.29, 0.717) is 55.6 Å². The first-order valence-corrected chi connectivity index (χ1v) is 16.0. The molecular weight excluding hydrogens is 528 g/mol. The van der Waals surface area contributed by atoms with Crippen molar-refractivity contribution in [2.45, 2.75) is 96.1 Å². The van der Waals surface area contributed by atoms with E-state index in [1.54, 1.807) is 4.90 Å². The second kappa shape index (κ2) is 13.5. The van der Waals surface area contributed by atoms with Crippen LogP contribution in [0.2, 0.25) is 0 Å². The molecule has 220 valence electrons. The minimum Gasteiger partial charge on any atom is -0.465 e. The van der Waals surface area contributed by atoms with Gasteiger partial charge in [0, 0.05) is 29.9 Å². The molecule has 1 saturated heterocycles. The molecule has 2 amide bonds. The van der Waals surface area contributed by atoms with Gasteiger partial charge in [-0.1, -0.05) is 13.0 Å². The van der Waals surface area contributed by atoms with Gasteiger partial charge in [-0.25, -0.2) is 9.59 Å². The Bertz CT molecular complexity index is 1080. The van der Waals surface area contributed by atoms with E-state index in [9.17, 15) is 14.4 Å². The summed E-state index contributed by atoms with van der Waals surface area (Å²) in [5, 5.41) is 0. The van der Waals surface area contributed by atoms with Gasteiger partial charge in [0.25, 0.3) is 0 Å². The monoisotopic (exact) mass is 572 g/mol. The van der Waals surface area contributed by atoms with Crippen LogP contribution in [0.1, 0.15) is 98.5 Å². The maximum atomic E-state index is 14.3. The Morgan fingerprint density at radius 2 is 1.73 bits per heavy atom. The number of nitrogens with zero attached hydrogens (tertiary/aromatic N) is 2. The van der Waals surface area contributed by atoms with Crippen molar-refractivity contribution in [3.05, 3.63) is 21.9 Å². The maximum Gasteiger partial charge on any atom is 0.410 e. The van der Waals surface area contributed by atoms with E-state index in [1.165, 1.54) is 30.4 Å². The fourth-order valence-electron chi connectivity index (χ4n) is 6.60. The van der Waals surface area contributed by atoms with Gasteiger partial charge in [0.1, 0.15) is 11.0 Å². The molecule has 0 N–H and O–H groups in total. The largest absolute Gasteiger partial charge is 0.465 e. The van der Waals surface area contributed by atoms with Crippen LogP contribution in [0.25, 0.3) is 5.57 Å². The molecule has 8 nitrogen and oxygen atoms in total. The molecule has 2 heterocycles. The Kier molecular flexibility index (Phi) is 9.84. The number of esters is 1. The fraction of sp³-hybridized carbons (Fsp3) is 0.710. The van der Waals surface area contributed by atoms with Crippen molar-refractivity contribution in [2.75, 3.05) is 38.3 Å². The van der Waals surface area contributed by atoms with Crippen LogP contribution in [-0.4, -0.2) is 68.4 Å². The second-order valence-corrected chi connectivity index (χ2v) is 12.9. The van der Waals surface area contributed by atoms with E-state index in [0.717, 1.165) is 62.7 Å². The zero-order valence-corrected chi connectivity index (χ0v) is 24.8. The molecule has 0 spiro atoms. The highest BCUT2D eigenvalue weighted by Crippen LogP contribution is 2.42. The summed E-state index contributed by atoms with van der Waals surface area (Å²) in [5.74, 6) is 0.361. The van der Waals surface area contributed by atoms with Crippen molar-refractivity contribution in [3.8, 4) is 0 Å². The number of hydrogen-bond acceptors (Lipinski definition) is 7. The molecule has 0 radical (unpaired) electrons. The van der Waals surface area contributed by atoms with Gasteiger partial charge in [-0.2, -0.15) is 0 Å². The molecule has 0 bridgehead atoms. The highest BCUT2D eigenvalue weighted by molar-refractivity contribution is 7.15. The van der Waals surface area contributed by atoms with Crippen LogP contribution in [0, 0.1) is 11.8 Å². The molecule has 1 aromatic heterocycles. The third-order valence-electron chi connectivity index (χ3n) is 9.10. The van der Waals surface area contributed by atoms with E-state index in [4.69, 9.17) is 14.2 Å². The molecule has 1 aromatic rings. The number of carbonyl (C=O) groups is 3. The Labute approximate surface area is 242 Å². The average molecular weight is 573 g/mol. The topological polar surface area (TPSA) is 85.4 Å². The van der Waals surface area contributed by atoms with Crippen LogP contribution in [0.5, 0.6) is 0 Å². The number of morpholine rings is 1. The van der Waals surface area contributed by atoms with Crippen molar-refractivity contribution < 1.29 is 28.6 Å². The number of allylic oxidation sites excluding steroid dienone is 2. The highest BCUT2D eigenvalue weighted by Gasteiger charge is 2.38. The summed E-state index contributed by atoms with van der Waals surface area (Å²) >= 11 is 1.46. The Morgan fingerprint density at radius 3 is 2.38 bits per heavy atom. The SMILES string of the molecule is COC(=O)c1sc(C2=CCCCC2)cc1N(C(=O)[C@H]1CC[C@H](C)CC1)[C@H]1CC[C@H](OC(=O)N2CCOCC2)CC1. The standard InChI is InChI=1S/C31H44N2O6S/c1-21-8-10-23(11-9-21)29(34)33(24-12-14-25(15-13-24)39-31(36)32-16-18-38-19-17-32)26-20-27(22-6-4-3-5-7-22)40-28(26)30(35)37-2/h6,20-21,23-25H,3-5,7-19H2,1-2H3/t21-,23-,24-,25-. The zero-order valence-electron chi connectivity index (χ0n) is 24.0. The normalized spacial score (nSPS) is 27.4. The lowest BCUT2D eigenvalue weighted by atomic mass is 9.81. The molecule has 0 unspecified atom stereocenters. The lowest BCUT2D eigenvalue weighted by molar-refractivity contribution is -0.124. The summed E-state index contributed by atoms with van der Waals surface area (Å²) < 4.78 is 16.4. The first-order valence-electron chi connectivity index (χ1n) is 15.2. The van der Waals surface area contributed by atoms with Gasteiger partial charge in [-0.15, -0.1) is 11.3 Å². The van der Waals surface area contributed by atoms with Crippen LogP contribution in [0.15, 0.2) is 12.1 Å². The van der Waals surface area contributed by atoms with Crippen LogP contribution in [0.4, 0.5) is 10.5 Å². The number of rotatable bonds is 6. The molecule has 1 aliphatic heterocycles. The molecule has 9 heteroatoms. The molecule has 0 aromatic carbocycles. The predicted molar refractivity (Wildman–Crippen MR) is 156 cm³/mol. The minimum absolute atomic E-state index is 0.0317. The number of carbonyl (C=O) groups excluding carboxylic acids is 3. The third-order valence-corrected chi connectivity index (χ3v) is 10.3. The van der Waals surface area contributed by atoms with Gasteiger partial charge in [0.15, 0.2) is 0 Å². The van der Waals surface area contributed by atoms with Gasteiger partial charge in [0.2, 0.25) is 5.91 Å². The summed E-state index contributed by atoms with van der Waals surface area (Å²) in [6.45, 7) is 4.46. The molecule has 40 heavy (non-hydrogen) atoms. The zero-order chi connectivity index (χ0) is 28.1. The van der Waals surface area contributed by atoms with E-state index in [-0.39, 0.29) is 36.0 Å². The highest BCUT2D eigenvalue weighted by atomic mass is 32.1. The lowest BCUT2D eigenvalue weighted by Gasteiger charge is -2.39. The first kappa shape index (κ1) is 29.1. The summed E-state index contributed by atoms with van der Waals surface area (Å²) in [6.07, 6.45) is 13.0. The lowest BCUT2D eigenvalue weighted by Crippen LogP contribution is -2.48. The van der Waals surface area contributed by atoms with Gasteiger partial charge < -0.3 is 24.0 Å². The summed E-state index contributed by atoms with van der Waals surface area (Å²) in [6, 6.07) is 2.03. The second-order valence-electron chi connectivity index (χ2n) is 11.9. The van der Waals surface area contributed by atoms with Crippen molar-refractivity contribution in [2.24, 2.45) is 11.8 Å². The third kappa shape index (κ3) is 6.73. The van der Waals surface area contributed by atoms with Gasteiger partial charge >= 0.3 is 12.1 Å². The minimum atomic E-state index is -0.383. The number of ether oxygens (including phenoxy) is 3. The molecule has 2 saturated carbocycles. The summed E-state index contributed by atoms with van der Waals surface area (Å²) in [5.41, 5.74) is 1.97. The average Bonchev–Trinajstić information content (AvgIpc) is 3.44. The van der Waals surface area contributed by atoms with Crippen LogP contribution < -0.4 is 4.90 Å². The molecule has 3 aliphatic carbocycles. The van der Waals surface area contributed by atoms with Crippen molar-refractivity contribution in [3.63, 3.8) is 0 Å². The van der Waals surface area contributed by atoms with E-state index < -0.39 is 0 Å². The Balaban J connectivity index is 1.38. The van der Waals surface area contributed by atoms with Crippen LogP contribution in [-0.2, 0) is 19.0 Å². The fourth-order valence-corrected chi connectivity index (χ4v) is 7.74. The van der Waals surface area contributed by atoms with E-state index in [1.807, 2.05) is 4.90 Å². The van der Waals surface area contributed by atoms with Crippen molar-refractivity contribution in [1.82, 2.24) is 4.90 Å². The Hall–Kier alpha value is -2.39. The first-order chi connectivity index (χ1) is 19.4. The summed E-state index contributed by atoms with van der Waals surface area (Å²) in [4.78, 5) is 45.3. The number of methoxy groups -OCH3 is 1. The molecule has 5 rings (SSSR count). The predicted octanol–water partition coefficient (Wildman–Crippen LogP) is 6.43. The van der Waals surface area contributed by atoms with Crippen LogP contribution in [0.3, 0.4) is 0 Å². The Morgan fingerprint density at radius 1 is 1.00 bits per heavy atom. The molecule has 0 atom stereocenters. The smallest absolute Gasteiger partial charge is 0.410 e. The van der Waals surface area contributed by atoms with Gasteiger partial charge in [-0.05, 0) is 94.6 Å². The van der Waals surface area contributed by atoms with Gasteiger partial charge in [-0.3, -0.25) is 4.79 Å². The van der Waals surface area contributed by atoms with Gasteiger partial charge in [0.05, 0.1) is 26.0 Å². The molecule has 3 fully saturated rings. The number of hydrogen-bond donors (Lipinski definition) is 0. The maximum absolute atomic E-state index is 14.3. The molecule has 4 aliphatic rings.